The van der Waals surface area contributed by atoms with Gasteiger partial charge >= 0.3 is 0 Å². The lowest BCUT2D eigenvalue weighted by molar-refractivity contribution is 0.581. The summed E-state index contributed by atoms with van der Waals surface area (Å²) in [6, 6.07) is 3.59. The van der Waals surface area contributed by atoms with Gasteiger partial charge in [-0.05, 0) is 31.6 Å². The van der Waals surface area contributed by atoms with Crippen molar-refractivity contribution in [3.8, 4) is 0 Å². The Morgan fingerprint density at radius 2 is 2.00 bits per heavy atom. The van der Waals surface area contributed by atoms with Crippen LogP contribution >= 0.6 is 0 Å². The van der Waals surface area contributed by atoms with E-state index in [1.54, 1.807) is 13.0 Å². The van der Waals surface area contributed by atoms with E-state index in [-0.39, 0.29) is 0 Å². The Kier molecular flexibility index (Phi) is 2.58. The van der Waals surface area contributed by atoms with Crippen LogP contribution in [0.1, 0.15) is 19.4 Å². The first-order valence-electron chi connectivity index (χ1n) is 3.73. The Labute approximate surface area is 70.5 Å². The van der Waals surface area contributed by atoms with Crippen molar-refractivity contribution in [1.29, 1.82) is 0 Å². The molecule has 0 saturated heterocycles. The second-order valence-electron chi connectivity index (χ2n) is 2.60. The molecule has 0 unspecified atom stereocenters. The zero-order chi connectivity index (χ0) is 9.14. The minimum atomic E-state index is -0.542. The summed E-state index contributed by atoms with van der Waals surface area (Å²) in [5, 5.41) is 0. The third kappa shape index (κ3) is 1.70. The van der Waals surface area contributed by atoms with Gasteiger partial charge in [-0.2, -0.15) is 0 Å². The normalized spacial score (nSPS) is 11.8. The lowest BCUT2D eigenvalue weighted by Crippen LogP contribution is -1.87. The largest absolute Gasteiger partial charge is 0.207 e. The zero-order valence-electron chi connectivity index (χ0n) is 7.07. The van der Waals surface area contributed by atoms with E-state index in [9.17, 15) is 8.78 Å². The smallest absolute Gasteiger partial charge is 0.133 e. The average Bonchev–Trinajstić information content (AvgIpc) is 2.03. The number of allylic oxidation sites excluding steroid dienone is 2. The molecule has 0 bridgehead atoms. The SMILES string of the molecule is C/C=C(/C)c1ccc(F)cc1F. The molecule has 0 aliphatic heterocycles. The van der Waals surface area contributed by atoms with E-state index in [0.717, 1.165) is 11.6 Å². The van der Waals surface area contributed by atoms with Gasteiger partial charge in [-0.25, -0.2) is 8.78 Å². The molecule has 2 heteroatoms. The molecule has 0 heterocycles. The molecule has 0 radical (unpaired) electrons. The third-order valence-corrected chi connectivity index (χ3v) is 1.79. The van der Waals surface area contributed by atoms with Crippen molar-refractivity contribution in [2.75, 3.05) is 0 Å². The van der Waals surface area contributed by atoms with Crippen LogP contribution in [0.15, 0.2) is 24.3 Å². The van der Waals surface area contributed by atoms with Crippen LogP contribution in [0.2, 0.25) is 0 Å². The van der Waals surface area contributed by atoms with E-state index >= 15 is 0 Å². The highest BCUT2D eigenvalue weighted by atomic mass is 19.1. The lowest BCUT2D eigenvalue weighted by atomic mass is 10.1. The summed E-state index contributed by atoms with van der Waals surface area (Å²) in [6.45, 7) is 3.61. The molecule has 1 rings (SSSR count). The molecular weight excluding hydrogens is 158 g/mol. The van der Waals surface area contributed by atoms with Crippen LogP contribution < -0.4 is 0 Å². The monoisotopic (exact) mass is 168 g/mol. The number of hydrogen-bond acceptors (Lipinski definition) is 0. The fourth-order valence-electron chi connectivity index (χ4n) is 0.965. The van der Waals surface area contributed by atoms with Gasteiger partial charge in [-0.15, -0.1) is 0 Å². The van der Waals surface area contributed by atoms with Crippen LogP contribution in [0.4, 0.5) is 8.78 Å². The molecule has 0 aromatic heterocycles. The average molecular weight is 168 g/mol. The molecule has 1 aromatic carbocycles. The van der Waals surface area contributed by atoms with Gasteiger partial charge in [0, 0.05) is 11.6 Å². The van der Waals surface area contributed by atoms with Crippen molar-refractivity contribution in [3.63, 3.8) is 0 Å². The summed E-state index contributed by atoms with van der Waals surface area (Å²) in [7, 11) is 0. The van der Waals surface area contributed by atoms with E-state index in [1.807, 2.05) is 6.92 Å². The fourth-order valence-corrected chi connectivity index (χ4v) is 0.965. The predicted octanol–water partition coefficient (Wildman–Crippen LogP) is 3.39. The van der Waals surface area contributed by atoms with Gasteiger partial charge in [0.05, 0.1) is 0 Å². The highest BCUT2D eigenvalue weighted by Gasteiger charge is 2.03. The number of rotatable bonds is 1. The van der Waals surface area contributed by atoms with E-state index in [4.69, 9.17) is 0 Å². The zero-order valence-corrected chi connectivity index (χ0v) is 7.07. The quantitative estimate of drug-likeness (QED) is 0.603. The van der Waals surface area contributed by atoms with E-state index in [1.165, 1.54) is 12.1 Å². The maximum absolute atomic E-state index is 13.0. The molecule has 0 amide bonds. The van der Waals surface area contributed by atoms with Gasteiger partial charge in [-0.1, -0.05) is 6.08 Å². The molecule has 1 aromatic rings. The molecule has 0 atom stereocenters. The predicted molar refractivity (Wildman–Crippen MR) is 45.7 cm³/mol. The number of hydrogen-bond donors (Lipinski definition) is 0. The molecule has 0 nitrogen and oxygen atoms in total. The van der Waals surface area contributed by atoms with Crippen LogP contribution in [0.25, 0.3) is 5.57 Å². The highest BCUT2D eigenvalue weighted by molar-refractivity contribution is 5.63. The first kappa shape index (κ1) is 8.91. The summed E-state index contributed by atoms with van der Waals surface area (Å²) >= 11 is 0. The Bertz CT molecular complexity index is 314. The lowest BCUT2D eigenvalue weighted by Gasteiger charge is -2.01. The standard InChI is InChI=1S/C10H10F2/c1-3-7(2)9-5-4-8(11)6-10(9)12/h3-6H,1-2H3/b7-3-. The summed E-state index contributed by atoms with van der Waals surface area (Å²) in [5.74, 6) is -1.05. The molecule has 0 saturated carbocycles. The van der Waals surface area contributed by atoms with Crippen LogP contribution in [0, 0.1) is 11.6 Å². The van der Waals surface area contributed by atoms with Gasteiger partial charge in [-0.3, -0.25) is 0 Å². The third-order valence-electron chi connectivity index (χ3n) is 1.79. The highest BCUT2D eigenvalue weighted by Crippen LogP contribution is 2.17. The molecule has 0 aliphatic rings. The van der Waals surface area contributed by atoms with Crippen molar-refractivity contribution in [2.45, 2.75) is 13.8 Å². The fraction of sp³-hybridized carbons (Fsp3) is 0.200. The van der Waals surface area contributed by atoms with Gasteiger partial charge in [0.2, 0.25) is 0 Å². The topological polar surface area (TPSA) is 0 Å². The van der Waals surface area contributed by atoms with Gasteiger partial charge < -0.3 is 0 Å². The van der Waals surface area contributed by atoms with Crippen molar-refractivity contribution in [3.05, 3.63) is 41.5 Å². The first-order chi connectivity index (χ1) is 5.65. The van der Waals surface area contributed by atoms with Crippen LogP contribution in [-0.2, 0) is 0 Å². The van der Waals surface area contributed by atoms with Crippen molar-refractivity contribution < 1.29 is 8.78 Å². The molecule has 0 aliphatic carbocycles. The van der Waals surface area contributed by atoms with Crippen molar-refractivity contribution >= 4 is 5.57 Å². The molecule has 0 fully saturated rings. The van der Waals surface area contributed by atoms with Crippen LogP contribution in [0.5, 0.6) is 0 Å². The number of benzene rings is 1. The maximum Gasteiger partial charge on any atom is 0.133 e. The summed E-state index contributed by atoms with van der Waals surface area (Å²) in [4.78, 5) is 0. The van der Waals surface area contributed by atoms with Crippen molar-refractivity contribution in [1.82, 2.24) is 0 Å². The molecule has 64 valence electrons. The Hall–Kier alpha value is -1.18. The van der Waals surface area contributed by atoms with Gasteiger partial charge in [0.1, 0.15) is 11.6 Å². The maximum atomic E-state index is 13.0. The number of halogens is 2. The molecule has 0 spiro atoms. The van der Waals surface area contributed by atoms with Gasteiger partial charge in [0.15, 0.2) is 0 Å². The summed E-state index contributed by atoms with van der Waals surface area (Å²) < 4.78 is 25.5. The molecular formula is C10H10F2. The Balaban J connectivity index is 3.18. The van der Waals surface area contributed by atoms with Gasteiger partial charge in [0.25, 0.3) is 0 Å². The summed E-state index contributed by atoms with van der Waals surface area (Å²) in [5.41, 5.74) is 1.27. The Morgan fingerprint density at radius 3 is 2.50 bits per heavy atom. The van der Waals surface area contributed by atoms with Crippen LogP contribution in [-0.4, -0.2) is 0 Å². The van der Waals surface area contributed by atoms with Crippen molar-refractivity contribution in [2.24, 2.45) is 0 Å². The first-order valence-corrected chi connectivity index (χ1v) is 3.73. The van der Waals surface area contributed by atoms with Crippen LogP contribution in [0.3, 0.4) is 0 Å². The molecule has 0 N–H and O–H groups in total. The second-order valence-corrected chi connectivity index (χ2v) is 2.60. The summed E-state index contributed by atoms with van der Waals surface area (Å²) in [6.07, 6.45) is 1.79. The molecule has 12 heavy (non-hydrogen) atoms. The minimum absolute atomic E-state index is 0.457. The van der Waals surface area contributed by atoms with E-state index < -0.39 is 11.6 Å². The minimum Gasteiger partial charge on any atom is -0.207 e. The van der Waals surface area contributed by atoms with E-state index in [0.29, 0.717) is 5.56 Å². The second kappa shape index (κ2) is 3.48. The van der Waals surface area contributed by atoms with E-state index in [2.05, 4.69) is 0 Å². The Morgan fingerprint density at radius 1 is 1.33 bits per heavy atom.